The summed E-state index contributed by atoms with van der Waals surface area (Å²) in [6.45, 7) is 7.51. The molecule has 1 aromatic heterocycles. The summed E-state index contributed by atoms with van der Waals surface area (Å²) in [5.74, 6) is 0.752. The van der Waals surface area contributed by atoms with Gasteiger partial charge in [0.05, 0.1) is 11.4 Å². The maximum atomic E-state index is 4.37. The fourth-order valence-electron chi connectivity index (χ4n) is 2.56. The molecule has 1 N–H and O–H groups in total. The van der Waals surface area contributed by atoms with E-state index in [0.29, 0.717) is 6.04 Å². The number of likely N-dealkylation sites (tertiary alicyclic amines) is 1. The van der Waals surface area contributed by atoms with E-state index in [2.05, 4.69) is 34.2 Å². The molecule has 2 heterocycles. The topological polar surface area (TPSA) is 41.1 Å². The zero-order chi connectivity index (χ0) is 13.0. The van der Waals surface area contributed by atoms with Crippen LogP contribution in [0.3, 0.4) is 0 Å². The molecular formula is C14H24N4. The molecule has 0 bridgehead atoms. The van der Waals surface area contributed by atoms with Gasteiger partial charge in [-0.15, -0.1) is 0 Å². The van der Waals surface area contributed by atoms with Crippen LogP contribution in [0.25, 0.3) is 0 Å². The van der Waals surface area contributed by atoms with Gasteiger partial charge in [-0.25, -0.2) is 0 Å². The van der Waals surface area contributed by atoms with Crippen molar-refractivity contribution in [3.05, 3.63) is 23.8 Å². The van der Waals surface area contributed by atoms with Crippen LogP contribution in [0, 0.1) is 12.8 Å². The van der Waals surface area contributed by atoms with Gasteiger partial charge in [-0.2, -0.15) is 0 Å². The average Bonchev–Trinajstić information content (AvgIpc) is 2.38. The molecule has 1 aromatic rings. The van der Waals surface area contributed by atoms with Crippen molar-refractivity contribution in [2.45, 2.75) is 39.3 Å². The highest BCUT2D eigenvalue weighted by atomic mass is 15.1. The SMILES string of the molecule is Cc1cnc(CNC(C)C2CCCN(C)C2)cn1. The highest BCUT2D eigenvalue weighted by Gasteiger charge is 2.22. The number of aryl methyl sites for hydroxylation is 1. The third-order valence-electron chi connectivity index (χ3n) is 3.81. The Balaban J connectivity index is 1.80. The summed E-state index contributed by atoms with van der Waals surface area (Å²) in [7, 11) is 2.21. The van der Waals surface area contributed by atoms with Gasteiger partial charge in [0.2, 0.25) is 0 Å². The lowest BCUT2D eigenvalue weighted by molar-refractivity contribution is 0.178. The molecule has 0 amide bonds. The lowest BCUT2D eigenvalue weighted by Gasteiger charge is -2.33. The molecule has 0 aliphatic carbocycles. The van der Waals surface area contributed by atoms with Crippen molar-refractivity contribution in [3.63, 3.8) is 0 Å². The number of aromatic nitrogens is 2. The van der Waals surface area contributed by atoms with Crippen LogP contribution in [-0.4, -0.2) is 41.0 Å². The van der Waals surface area contributed by atoms with Gasteiger partial charge < -0.3 is 10.2 Å². The predicted molar refractivity (Wildman–Crippen MR) is 73.3 cm³/mol. The highest BCUT2D eigenvalue weighted by Crippen LogP contribution is 2.18. The van der Waals surface area contributed by atoms with Crippen molar-refractivity contribution in [2.24, 2.45) is 5.92 Å². The summed E-state index contributed by atoms with van der Waals surface area (Å²) in [6, 6.07) is 0.538. The van der Waals surface area contributed by atoms with E-state index in [4.69, 9.17) is 0 Å². The Bertz CT molecular complexity index is 363. The number of nitrogens with zero attached hydrogens (tertiary/aromatic N) is 3. The van der Waals surface area contributed by atoms with Gasteiger partial charge in [-0.05, 0) is 46.2 Å². The van der Waals surface area contributed by atoms with Gasteiger partial charge in [0.1, 0.15) is 0 Å². The molecule has 0 radical (unpaired) electrons. The van der Waals surface area contributed by atoms with E-state index < -0.39 is 0 Å². The maximum absolute atomic E-state index is 4.37. The fraction of sp³-hybridized carbons (Fsp3) is 0.714. The summed E-state index contributed by atoms with van der Waals surface area (Å²) in [5.41, 5.74) is 2.00. The molecule has 1 aliphatic rings. The van der Waals surface area contributed by atoms with Crippen LogP contribution in [-0.2, 0) is 6.54 Å². The second-order valence-corrected chi connectivity index (χ2v) is 5.48. The van der Waals surface area contributed by atoms with Gasteiger partial charge >= 0.3 is 0 Å². The van der Waals surface area contributed by atoms with Crippen LogP contribution in [0.1, 0.15) is 31.2 Å². The second-order valence-electron chi connectivity index (χ2n) is 5.48. The highest BCUT2D eigenvalue weighted by molar-refractivity contribution is 5.00. The van der Waals surface area contributed by atoms with Crippen molar-refractivity contribution in [3.8, 4) is 0 Å². The quantitative estimate of drug-likeness (QED) is 0.879. The molecule has 1 fully saturated rings. The van der Waals surface area contributed by atoms with E-state index in [1.165, 1.54) is 25.9 Å². The molecule has 0 saturated carbocycles. The zero-order valence-electron chi connectivity index (χ0n) is 11.7. The van der Waals surface area contributed by atoms with E-state index in [0.717, 1.165) is 23.9 Å². The number of hydrogen-bond donors (Lipinski definition) is 1. The van der Waals surface area contributed by atoms with Crippen LogP contribution < -0.4 is 5.32 Å². The second kappa shape index (κ2) is 6.25. The molecule has 1 aliphatic heterocycles. The lowest BCUT2D eigenvalue weighted by atomic mass is 9.92. The summed E-state index contributed by atoms with van der Waals surface area (Å²) in [5, 5.41) is 3.58. The fourth-order valence-corrected chi connectivity index (χ4v) is 2.56. The van der Waals surface area contributed by atoms with Crippen molar-refractivity contribution in [1.29, 1.82) is 0 Å². The molecule has 1 saturated heterocycles. The number of piperidine rings is 1. The zero-order valence-corrected chi connectivity index (χ0v) is 11.7. The summed E-state index contributed by atoms with van der Waals surface area (Å²) in [6.07, 6.45) is 6.34. The minimum atomic E-state index is 0.538. The van der Waals surface area contributed by atoms with Gasteiger partial charge in [-0.3, -0.25) is 9.97 Å². The molecule has 2 unspecified atom stereocenters. The van der Waals surface area contributed by atoms with E-state index in [1.54, 1.807) is 0 Å². The summed E-state index contributed by atoms with van der Waals surface area (Å²) >= 11 is 0. The van der Waals surface area contributed by atoms with Crippen molar-refractivity contribution in [1.82, 2.24) is 20.2 Å². The molecule has 4 heteroatoms. The van der Waals surface area contributed by atoms with Crippen LogP contribution in [0.5, 0.6) is 0 Å². The number of rotatable bonds is 4. The first kappa shape index (κ1) is 13.4. The molecule has 18 heavy (non-hydrogen) atoms. The molecule has 4 nitrogen and oxygen atoms in total. The van der Waals surface area contributed by atoms with E-state index in [-0.39, 0.29) is 0 Å². The monoisotopic (exact) mass is 248 g/mol. The Morgan fingerprint density at radius 3 is 2.94 bits per heavy atom. The standard InChI is InChI=1S/C14H24N4/c1-11-7-17-14(8-15-11)9-16-12(2)13-5-4-6-18(3)10-13/h7-8,12-13,16H,4-6,9-10H2,1-3H3. The molecule has 0 aromatic carbocycles. The van der Waals surface area contributed by atoms with Gasteiger partial charge in [0, 0.05) is 31.5 Å². The third kappa shape index (κ3) is 3.75. The van der Waals surface area contributed by atoms with Gasteiger partial charge in [0.25, 0.3) is 0 Å². The summed E-state index contributed by atoms with van der Waals surface area (Å²) in [4.78, 5) is 11.1. The maximum Gasteiger partial charge on any atom is 0.0724 e. The number of hydrogen-bond acceptors (Lipinski definition) is 4. The van der Waals surface area contributed by atoms with E-state index >= 15 is 0 Å². The van der Waals surface area contributed by atoms with Gasteiger partial charge in [-0.1, -0.05) is 0 Å². The first-order valence-electron chi connectivity index (χ1n) is 6.84. The van der Waals surface area contributed by atoms with Crippen molar-refractivity contribution >= 4 is 0 Å². The molecular weight excluding hydrogens is 224 g/mol. The molecule has 2 rings (SSSR count). The predicted octanol–water partition coefficient (Wildman–Crippen LogP) is 1.60. The first-order valence-corrected chi connectivity index (χ1v) is 6.84. The number of nitrogens with one attached hydrogen (secondary N) is 1. The largest absolute Gasteiger partial charge is 0.308 e. The molecule has 2 atom stereocenters. The Morgan fingerprint density at radius 2 is 2.28 bits per heavy atom. The Morgan fingerprint density at radius 1 is 1.44 bits per heavy atom. The van der Waals surface area contributed by atoms with Crippen LogP contribution in [0.2, 0.25) is 0 Å². The van der Waals surface area contributed by atoms with Crippen LogP contribution in [0.4, 0.5) is 0 Å². The summed E-state index contributed by atoms with van der Waals surface area (Å²) < 4.78 is 0. The average molecular weight is 248 g/mol. The van der Waals surface area contributed by atoms with Crippen molar-refractivity contribution < 1.29 is 0 Å². The normalized spacial score (nSPS) is 22.9. The molecule has 100 valence electrons. The van der Waals surface area contributed by atoms with E-state index in [1.807, 2.05) is 19.3 Å². The van der Waals surface area contributed by atoms with E-state index in [9.17, 15) is 0 Å². The van der Waals surface area contributed by atoms with Crippen LogP contribution >= 0.6 is 0 Å². The lowest BCUT2D eigenvalue weighted by Crippen LogP contribution is -2.42. The third-order valence-corrected chi connectivity index (χ3v) is 3.81. The Kier molecular flexibility index (Phi) is 4.66. The van der Waals surface area contributed by atoms with Crippen LogP contribution in [0.15, 0.2) is 12.4 Å². The van der Waals surface area contributed by atoms with Gasteiger partial charge in [0.15, 0.2) is 0 Å². The van der Waals surface area contributed by atoms with Crippen molar-refractivity contribution in [2.75, 3.05) is 20.1 Å². The minimum Gasteiger partial charge on any atom is -0.308 e. The first-order chi connectivity index (χ1) is 8.65. The Hall–Kier alpha value is -1.00. The minimum absolute atomic E-state index is 0.538. The molecule has 0 spiro atoms. The Labute approximate surface area is 110 Å². The smallest absolute Gasteiger partial charge is 0.0724 e.